The molecule has 0 radical (unpaired) electrons. The van der Waals surface area contributed by atoms with Gasteiger partial charge >= 0.3 is 6.09 Å². The zero-order chi connectivity index (χ0) is 16.1. The summed E-state index contributed by atoms with van der Waals surface area (Å²) in [5.41, 5.74) is 1.68. The van der Waals surface area contributed by atoms with Crippen molar-refractivity contribution in [1.29, 1.82) is 0 Å². The van der Waals surface area contributed by atoms with Crippen LogP contribution in [0.2, 0.25) is 0 Å². The van der Waals surface area contributed by atoms with Crippen LogP contribution in [0.3, 0.4) is 0 Å². The number of ether oxygens (including phenoxy) is 1. The Morgan fingerprint density at radius 1 is 1.09 bits per heavy atom. The predicted molar refractivity (Wildman–Crippen MR) is 85.3 cm³/mol. The fraction of sp³-hybridized carbons (Fsp3) is 0.500. The van der Waals surface area contributed by atoms with Crippen molar-refractivity contribution in [2.75, 3.05) is 52.3 Å². The number of nitrogens with zero attached hydrogens (tertiary/aromatic N) is 3. The number of hydrogen-bond donors (Lipinski definition) is 0. The number of benzene rings is 1. The van der Waals surface area contributed by atoms with E-state index in [4.69, 9.17) is 4.74 Å². The van der Waals surface area contributed by atoms with Gasteiger partial charge in [0.05, 0.1) is 7.11 Å². The van der Waals surface area contributed by atoms with Crippen LogP contribution in [0.1, 0.15) is 16.8 Å². The Bertz CT molecular complexity index is 545. The van der Waals surface area contributed by atoms with Crippen molar-refractivity contribution < 1.29 is 14.3 Å². The lowest BCUT2D eigenvalue weighted by molar-refractivity contribution is 0.0757. The van der Waals surface area contributed by atoms with Crippen LogP contribution in [0.5, 0.6) is 0 Å². The van der Waals surface area contributed by atoms with Crippen LogP contribution in [-0.4, -0.2) is 69.2 Å². The molecule has 0 atom stereocenters. The second-order valence-corrected chi connectivity index (χ2v) is 5.55. The van der Waals surface area contributed by atoms with E-state index in [-0.39, 0.29) is 12.0 Å². The highest BCUT2D eigenvalue weighted by Gasteiger charge is 2.23. The Morgan fingerprint density at radius 3 is 2.45 bits per heavy atom. The van der Waals surface area contributed by atoms with Crippen molar-refractivity contribution in [3.63, 3.8) is 0 Å². The van der Waals surface area contributed by atoms with Gasteiger partial charge in [0, 0.05) is 51.5 Å². The van der Waals surface area contributed by atoms with Crippen LogP contribution in [0, 0.1) is 0 Å². The zero-order valence-electron chi connectivity index (χ0n) is 13.4. The molecule has 0 saturated carbocycles. The van der Waals surface area contributed by atoms with Gasteiger partial charge in [0.2, 0.25) is 0 Å². The minimum atomic E-state index is -0.330. The van der Waals surface area contributed by atoms with Crippen molar-refractivity contribution in [2.45, 2.75) is 6.42 Å². The average Bonchev–Trinajstić information content (AvgIpc) is 2.79. The molecule has 1 aliphatic rings. The first-order valence-electron chi connectivity index (χ1n) is 7.42. The molecule has 0 N–H and O–H groups in total. The van der Waals surface area contributed by atoms with Crippen LogP contribution >= 0.6 is 0 Å². The first kappa shape index (κ1) is 16.1. The summed E-state index contributed by atoms with van der Waals surface area (Å²) in [6.07, 6.45) is 0.428. The van der Waals surface area contributed by atoms with Crippen molar-refractivity contribution in [1.82, 2.24) is 9.80 Å². The molecule has 0 unspecified atom stereocenters. The molecule has 1 saturated heterocycles. The Morgan fingerprint density at radius 2 is 1.77 bits per heavy atom. The number of carbonyl (C=O) groups is 2. The molecule has 0 bridgehead atoms. The fourth-order valence-electron chi connectivity index (χ4n) is 2.53. The van der Waals surface area contributed by atoms with Crippen LogP contribution < -0.4 is 4.90 Å². The Labute approximate surface area is 131 Å². The van der Waals surface area contributed by atoms with E-state index in [0.717, 1.165) is 12.1 Å². The highest BCUT2D eigenvalue weighted by Crippen LogP contribution is 2.16. The molecule has 1 fully saturated rings. The van der Waals surface area contributed by atoms with Gasteiger partial charge in [0.15, 0.2) is 0 Å². The molecule has 6 heteroatoms. The van der Waals surface area contributed by atoms with Crippen LogP contribution in [0.25, 0.3) is 0 Å². The van der Waals surface area contributed by atoms with E-state index >= 15 is 0 Å². The van der Waals surface area contributed by atoms with Crippen LogP contribution in [0.4, 0.5) is 10.5 Å². The predicted octanol–water partition coefficient (Wildman–Crippen LogP) is 1.67. The van der Waals surface area contributed by atoms with Crippen LogP contribution in [-0.2, 0) is 4.74 Å². The van der Waals surface area contributed by atoms with Crippen molar-refractivity contribution in [3.8, 4) is 0 Å². The molecule has 1 aromatic rings. The van der Waals surface area contributed by atoms with Crippen LogP contribution in [0.15, 0.2) is 24.3 Å². The van der Waals surface area contributed by atoms with E-state index < -0.39 is 0 Å². The highest BCUT2D eigenvalue weighted by molar-refractivity contribution is 5.95. The molecule has 0 spiro atoms. The maximum Gasteiger partial charge on any atom is 0.409 e. The summed E-state index contributed by atoms with van der Waals surface area (Å²) in [5, 5.41) is 0. The van der Waals surface area contributed by atoms with E-state index in [0.29, 0.717) is 31.7 Å². The van der Waals surface area contributed by atoms with Gasteiger partial charge in [-0.1, -0.05) is 6.07 Å². The van der Waals surface area contributed by atoms with E-state index in [1.54, 1.807) is 9.80 Å². The lowest BCUT2D eigenvalue weighted by atomic mass is 10.1. The SMILES string of the molecule is COC(=O)N1CCCN(C(=O)c2cccc(N(C)C)c2)CC1. The average molecular weight is 305 g/mol. The molecule has 2 rings (SSSR count). The summed E-state index contributed by atoms with van der Waals surface area (Å²) < 4.78 is 4.75. The second-order valence-electron chi connectivity index (χ2n) is 5.55. The maximum atomic E-state index is 12.6. The van der Waals surface area contributed by atoms with Crippen molar-refractivity contribution in [3.05, 3.63) is 29.8 Å². The number of hydrogen-bond acceptors (Lipinski definition) is 4. The number of anilines is 1. The highest BCUT2D eigenvalue weighted by atomic mass is 16.5. The summed E-state index contributed by atoms with van der Waals surface area (Å²) in [6, 6.07) is 7.59. The molecule has 6 nitrogen and oxygen atoms in total. The number of amides is 2. The van der Waals surface area contributed by atoms with Crippen molar-refractivity contribution >= 4 is 17.7 Å². The molecule has 0 aliphatic carbocycles. The third-order valence-corrected chi connectivity index (χ3v) is 3.83. The Kier molecular flexibility index (Phi) is 5.25. The summed E-state index contributed by atoms with van der Waals surface area (Å²) >= 11 is 0. The molecule has 120 valence electrons. The summed E-state index contributed by atoms with van der Waals surface area (Å²) in [5.74, 6) is 0.00964. The molecular weight excluding hydrogens is 282 g/mol. The maximum absolute atomic E-state index is 12.6. The molecule has 2 amide bonds. The molecule has 1 aromatic carbocycles. The minimum absolute atomic E-state index is 0.00964. The van der Waals surface area contributed by atoms with Gasteiger partial charge in [-0.2, -0.15) is 0 Å². The summed E-state index contributed by atoms with van der Waals surface area (Å²) in [4.78, 5) is 29.6. The van der Waals surface area contributed by atoms with Gasteiger partial charge < -0.3 is 19.4 Å². The van der Waals surface area contributed by atoms with E-state index in [1.807, 2.05) is 43.3 Å². The number of carbonyl (C=O) groups excluding carboxylic acids is 2. The summed E-state index contributed by atoms with van der Waals surface area (Å²) in [6.45, 7) is 2.30. The molecule has 1 heterocycles. The van der Waals surface area contributed by atoms with E-state index in [2.05, 4.69) is 0 Å². The monoisotopic (exact) mass is 305 g/mol. The third-order valence-electron chi connectivity index (χ3n) is 3.83. The van der Waals surface area contributed by atoms with Gasteiger partial charge in [-0.25, -0.2) is 4.79 Å². The van der Waals surface area contributed by atoms with Gasteiger partial charge in [-0.3, -0.25) is 4.79 Å². The minimum Gasteiger partial charge on any atom is -0.453 e. The van der Waals surface area contributed by atoms with Gasteiger partial charge in [0.1, 0.15) is 0 Å². The Hall–Kier alpha value is -2.24. The van der Waals surface area contributed by atoms with E-state index in [9.17, 15) is 9.59 Å². The van der Waals surface area contributed by atoms with Gasteiger partial charge in [-0.05, 0) is 24.6 Å². The first-order chi connectivity index (χ1) is 10.5. The third kappa shape index (κ3) is 3.69. The second kappa shape index (κ2) is 7.15. The molecule has 1 aliphatic heterocycles. The van der Waals surface area contributed by atoms with Gasteiger partial charge in [-0.15, -0.1) is 0 Å². The standard InChI is InChI=1S/C16H23N3O3/c1-17(2)14-7-4-6-13(12-14)15(20)18-8-5-9-19(11-10-18)16(21)22-3/h4,6-7,12H,5,8-11H2,1-3H3. The fourth-order valence-corrected chi connectivity index (χ4v) is 2.53. The van der Waals surface area contributed by atoms with Crippen molar-refractivity contribution in [2.24, 2.45) is 0 Å². The quantitative estimate of drug-likeness (QED) is 0.834. The number of methoxy groups -OCH3 is 1. The number of rotatable bonds is 2. The largest absolute Gasteiger partial charge is 0.453 e. The topological polar surface area (TPSA) is 53.1 Å². The lowest BCUT2D eigenvalue weighted by Crippen LogP contribution is -2.37. The molecular formula is C16H23N3O3. The smallest absolute Gasteiger partial charge is 0.409 e. The van der Waals surface area contributed by atoms with Gasteiger partial charge in [0.25, 0.3) is 5.91 Å². The lowest BCUT2D eigenvalue weighted by Gasteiger charge is -2.22. The summed E-state index contributed by atoms with van der Waals surface area (Å²) in [7, 11) is 5.27. The normalized spacial score (nSPS) is 15.2. The zero-order valence-corrected chi connectivity index (χ0v) is 13.4. The molecule has 0 aromatic heterocycles. The van der Waals surface area contributed by atoms with E-state index in [1.165, 1.54) is 7.11 Å². The first-order valence-corrected chi connectivity index (χ1v) is 7.42. The Balaban J connectivity index is 2.07. The molecule has 22 heavy (non-hydrogen) atoms.